The molecule has 2 aromatic carbocycles. The molecular weight excluding hydrogens is 492 g/mol. The maximum absolute atomic E-state index is 13.9. The van der Waals surface area contributed by atoms with Crippen LogP contribution in [0.4, 0.5) is 14.5 Å². The van der Waals surface area contributed by atoms with Gasteiger partial charge in [-0.3, -0.25) is 14.2 Å². The number of thioether (sulfide) groups is 1. The van der Waals surface area contributed by atoms with Crippen molar-refractivity contribution in [3.05, 3.63) is 74.4 Å². The van der Waals surface area contributed by atoms with Crippen molar-refractivity contribution in [1.29, 1.82) is 0 Å². The predicted octanol–water partition coefficient (Wildman–Crippen LogP) is 5.64. The maximum Gasteiger partial charge on any atom is 0.267 e. The number of fused-ring (bicyclic) bond motifs is 1. The third-order valence-corrected chi connectivity index (χ3v) is 7.51. The quantitative estimate of drug-likeness (QED) is 0.255. The average molecular weight is 516 g/mol. The van der Waals surface area contributed by atoms with Gasteiger partial charge in [0, 0.05) is 10.9 Å². The van der Waals surface area contributed by atoms with Gasteiger partial charge in [-0.1, -0.05) is 18.7 Å². The van der Waals surface area contributed by atoms with E-state index in [0.717, 1.165) is 46.0 Å². The Bertz CT molecular complexity index is 1500. The van der Waals surface area contributed by atoms with Gasteiger partial charge in [0.1, 0.15) is 22.2 Å². The summed E-state index contributed by atoms with van der Waals surface area (Å²) < 4.78 is 34.2. The molecule has 0 aliphatic heterocycles. The Hall–Kier alpha value is -3.24. The van der Waals surface area contributed by atoms with Gasteiger partial charge in [-0.2, -0.15) is 0 Å². The van der Waals surface area contributed by atoms with Gasteiger partial charge in [-0.25, -0.2) is 13.8 Å². The van der Waals surface area contributed by atoms with Crippen molar-refractivity contribution in [2.75, 3.05) is 18.2 Å². The molecule has 0 atom stereocenters. The number of benzene rings is 2. The third kappa shape index (κ3) is 4.94. The molecular formula is C25H23F2N3O3S2. The van der Waals surface area contributed by atoms with E-state index in [0.29, 0.717) is 33.2 Å². The Balaban J connectivity index is 1.76. The fourth-order valence-corrected chi connectivity index (χ4v) is 5.81. The Morgan fingerprint density at radius 1 is 1.20 bits per heavy atom. The van der Waals surface area contributed by atoms with Gasteiger partial charge in [0.2, 0.25) is 5.91 Å². The Kier molecular flexibility index (Phi) is 7.23. The van der Waals surface area contributed by atoms with E-state index in [2.05, 4.69) is 5.32 Å². The van der Waals surface area contributed by atoms with E-state index in [4.69, 9.17) is 9.72 Å². The number of amides is 1. The number of carbonyl (C=O) groups excluding carboxylic acids is 1. The van der Waals surface area contributed by atoms with Crippen LogP contribution in [0, 0.1) is 25.5 Å². The number of thiophene rings is 1. The number of methoxy groups -OCH3 is 1. The second kappa shape index (κ2) is 10.2. The van der Waals surface area contributed by atoms with Crippen molar-refractivity contribution in [3.8, 4) is 11.4 Å². The van der Waals surface area contributed by atoms with Crippen LogP contribution in [0.5, 0.6) is 5.75 Å². The van der Waals surface area contributed by atoms with Gasteiger partial charge in [0.05, 0.1) is 29.6 Å². The van der Waals surface area contributed by atoms with E-state index in [9.17, 15) is 18.4 Å². The number of carbonyl (C=O) groups is 1. The van der Waals surface area contributed by atoms with Gasteiger partial charge >= 0.3 is 0 Å². The van der Waals surface area contributed by atoms with Crippen LogP contribution >= 0.6 is 23.1 Å². The van der Waals surface area contributed by atoms with E-state index >= 15 is 0 Å². The molecule has 0 aliphatic rings. The molecule has 0 aliphatic carbocycles. The lowest BCUT2D eigenvalue weighted by atomic mass is 10.1. The summed E-state index contributed by atoms with van der Waals surface area (Å²) in [5.74, 6) is -1.46. The molecule has 0 saturated carbocycles. The van der Waals surface area contributed by atoms with Gasteiger partial charge in [0.25, 0.3) is 5.56 Å². The summed E-state index contributed by atoms with van der Waals surface area (Å²) in [7, 11) is 1.57. The highest BCUT2D eigenvalue weighted by molar-refractivity contribution is 7.99. The van der Waals surface area contributed by atoms with Crippen LogP contribution in [-0.2, 0) is 11.2 Å². The molecule has 0 bridgehead atoms. The number of nitrogens with one attached hydrogen (secondary N) is 1. The third-order valence-electron chi connectivity index (χ3n) is 5.53. The SMILES string of the molecule is CCc1c(C)sc2nc(SCC(=O)Nc3cc(F)ccc3F)n(-c3ccc(OC)cc3C)c(=O)c12. The maximum atomic E-state index is 13.9. The van der Waals surface area contributed by atoms with E-state index in [-0.39, 0.29) is 17.0 Å². The molecule has 4 rings (SSSR count). The van der Waals surface area contributed by atoms with Gasteiger partial charge in [-0.05, 0) is 61.7 Å². The first kappa shape index (κ1) is 24.9. The normalized spacial score (nSPS) is 11.1. The first-order valence-electron chi connectivity index (χ1n) is 10.8. The minimum atomic E-state index is -0.740. The highest BCUT2D eigenvalue weighted by Crippen LogP contribution is 2.31. The van der Waals surface area contributed by atoms with Crippen molar-refractivity contribution >= 4 is 44.9 Å². The fraction of sp³-hybridized carbons (Fsp3) is 0.240. The van der Waals surface area contributed by atoms with E-state index in [1.54, 1.807) is 19.2 Å². The number of anilines is 1. The number of halogens is 2. The van der Waals surface area contributed by atoms with Crippen LogP contribution in [0.3, 0.4) is 0 Å². The van der Waals surface area contributed by atoms with Crippen molar-refractivity contribution < 1.29 is 18.3 Å². The number of hydrogen-bond donors (Lipinski definition) is 1. The van der Waals surface area contributed by atoms with Crippen LogP contribution in [0.1, 0.15) is 22.9 Å². The molecule has 0 radical (unpaired) electrons. The molecule has 35 heavy (non-hydrogen) atoms. The summed E-state index contributed by atoms with van der Waals surface area (Å²) in [6.07, 6.45) is 0.693. The van der Waals surface area contributed by atoms with Crippen LogP contribution in [0.25, 0.3) is 15.9 Å². The minimum absolute atomic E-state index is 0.159. The molecule has 1 N–H and O–H groups in total. The van der Waals surface area contributed by atoms with Crippen molar-refractivity contribution in [3.63, 3.8) is 0 Å². The lowest BCUT2D eigenvalue weighted by Crippen LogP contribution is -2.23. The summed E-state index contributed by atoms with van der Waals surface area (Å²) in [4.78, 5) is 32.7. The van der Waals surface area contributed by atoms with Crippen molar-refractivity contribution in [2.45, 2.75) is 32.3 Å². The smallest absolute Gasteiger partial charge is 0.267 e. The molecule has 182 valence electrons. The number of aryl methyl sites for hydroxylation is 3. The number of ether oxygens (including phenoxy) is 1. The molecule has 2 heterocycles. The monoisotopic (exact) mass is 515 g/mol. The van der Waals surface area contributed by atoms with Crippen molar-refractivity contribution in [1.82, 2.24) is 9.55 Å². The molecule has 2 aromatic heterocycles. The first-order chi connectivity index (χ1) is 16.7. The standard InChI is InChI=1S/C25H23F2N3O3S2/c1-5-17-14(3)35-23-22(17)24(32)30(20-9-7-16(33-4)10-13(20)2)25(29-23)34-12-21(31)28-19-11-15(26)6-8-18(19)27/h6-11H,5,12H2,1-4H3,(H,28,31). The molecule has 4 aromatic rings. The molecule has 10 heteroatoms. The Labute approximate surface area is 209 Å². The largest absolute Gasteiger partial charge is 0.497 e. The van der Waals surface area contributed by atoms with E-state index in [1.807, 2.05) is 26.8 Å². The van der Waals surface area contributed by atoms with E-state index in [1.165, 1.54) is 15.9 Å². The van der Waals surface area contributed by atoms with Crippen molar-refractivity contribution in [2.24, 2.45) is 0 Å². The summed E-state index contributed by atoms with van der Waals surface area (Å²) >= 11 is 2.49. The summed E-state index contributed by atoms with van der Waals surface area (Å²) in [5, 5.41) is 3.28. The first-order valence-corrected chi connectivity index (χ1v) is 12.6. The van der Waals surface area contributed by atoms with Gasteiger partial charge in [0.15, 0.2) is 5.16 Å². The van der Waals surface area contributed by atoms with Gasteiger partial charge < -0.3 is 10.1 Å². The topological polar surface area (TPSA) is 73.2 Å². The second-order valence-corrected chi connectivity index (χ2v) is 9.96. The van der Waals surface area contributed by atoms with Gasteiger partial charge in [-0.15, -0.1) is 11.3 Å². The molecule has 0 saturated heterocycles. The Morgan fingerprint density at radius 3 is 2.66 bits per heavy atom. The lowest BCUT2D eigenvalue weighted by molar-refractivity contribution is -0.113. The van der Waals surface area contributed by atoms with Crippen LogP contribution in [0.15, 0.2) is 46.3 Å². The molecule has 0 spiro atoms. The lowest BCUT2D eigenvalue weighted by Gasteiger charge is -2.15. The highest BCUT2D eigenvalue weighted by atomic mass is 32.2. The average Bonchev–Trinajstić information content (AvgIpc) is 3.15. The van der Waals surface area contributed by atoms with Crippen LogP contribution in [0.2, 0.25) is 0 Å². The predicted molar refractivity (Wildman–Crippen MR) is 136 cm³/mol. The second-order valence-electron chi connectivity index (χ2n) is 7.82. The Morgan fingerprint density at radius 2 is 1.97 bits per heavy atom. The highest BCUT2D eigenvalue weighted by Gasteiger charge is 2.21. The zero-order chi connectivity index (χ0) is 25.3. The van der Waals surface area contributed by atoms with Crippen LogP contribution in [-0.4, -0.2) is 28.3 Å². The summed E-state index contributed by atoms with van der Waals surface area (Å²) in [5.41, 5.74) is 1.91. The summed E-state index contributed by atoms with van der Waals surface area (Å²) in [6, 6.07) is 8.19. The fourth-order valence-electron chi connectivity index (χ4n) is 3.85. The number of rotatable bonds is 7. The van der Waals surface area contributed by atoms with Crippen LogP contribution < -0.4 is 15.6 Å². The molecule has 0 unspecified atom stereocenters. The molecule has 0 fully saturated rings. The molecule has 6 nitrogen and oxygen atoms in total. The number of hydrogen-bond acceptors (Lipinski definition) is 6. The summed E-state index contributed by atoms with van der Waals surface area (Å²) in [6.45, 7) is 5.82. The number of aromatic nitrogens is 2. The number of nitrogens with zero attached hydrogens (tertiary/aromatic N) is 2. The zero-order valence-corrected chi connectivity index (χ0v) is 21.2. The minimum Gasteiger partial charge on any atom is -0.497 e. The zero-order valence-electron chi connectivity index (χ0n) is 19.6. The van der Waals surface area contributed by atoms with E-state index < -0.39 is 17.5 Å². The molecule has 1 amide bonds.